The lowest BCUT2D eigenvalue weighted by atomic mass is 9.70. The number of fused-ring (bicyclic) bond motifs is 2. The van der Waals surface area contributed by atoms with Crippen molar-refractivity contribution in [1.29, 1.82) is 0 Å². The molecular formula is C22H28N2O4. The molecule has 4 saturated heterocycles. The predicted molar refractivity (Wildman–Crippen MR) is 102 cm³/mol. The lowest BCUT2D eigenvalue weighted by Crippen LogP contribution is -2.46. The Morgan fingerprint density at radius 1 is 1.21 bits per heavy atom. The highest BCUT2D eigenvalue weighted by Crippen LogP contribution is 2.59. The summed E-state index contributed by atoms with van der Waals surface area (Å²) in [4.78, 5) is 30.4. The first-order valence-electron chi connectivity index (χ1n) is 10.6. The number of carbonyl (C=O) groups excluding carboxylic acids is 2. The topological polar surface area (TPSA) is 59.1 Å². The minimum Gasteiger partial charge on any atom is -0.466 e. The van der Waals surface area contributed by atoms with Gasteiger partial charge in [0.1, 0.15) is 5.60 Å². The van der Waals surface area contributed by atoms with Gasteiger partial charge in [0.25, 0.3) is 0 Å². The van der Waals surface area contributed by atoms with E-state index in [4.69, 9.17) is 9.47 Å². The van der Waals surface area contributed by atoms with Crippen LogP contribution >= 0.6 is 0 Å². The molecule has 4 heterocycles. The molecule has 1 spiro atoms. The molecule has 5 rings (SSSR count). The maximum Gasteiger partial charge on any atom is 0.312 e. The summed E-state index contributed by atoms with van der Waals surface area (Å²) in [6, 6.07) is 10.6. The third-order valence-corrected chi connectivity index (χ3v) is 7.15. The van der Waals surface area contributed by atoms with Gasteiger partial charge in [-0.05, 0) is 31.7 Å². The molecule has 1 aromatic rings. The second-order valence-corrected chi connectivity index (χ2v) is 8.50. The number of amides is 1. The molecule has 5 atom stereocenters. The van der Waals surface area contributed by atoms with Gasteiger partial charge in [0, 0.05) is 26.2 Å². The van der Waals surface area contributed by atoms with E-state index in [1.165, 1.54) is 5.56 Å². The van der Waals surface area contributed by atoms with E-state index in [-0.39, 0.29) is 29.9 Å². The van der Waals surface area contributed by atoms with Crippen molar-refractivity contribution in [3.8, 4) is 0 Å². The van der Waals surface area contributed by atoms with Crippen LogP contribution in [0.3, 0.4) is 0 Å². The van der Waals surface area contributed by atoms with Gasteiger partial charge in [-0.25, -0.2) is 0 Å². The lowest BCUT2D eigenvalue weighted by molar-refractivity contribution is -0.154. The highest BCUT2D eigenvalue weighted by Gasteiger charge is 2.73. The van der Waals surface area contributed by atoms with Crippen LogP contribution in [0.1, 0.15) is 31.7 Å². The number of esters is 1. The van der Waals surface area contributed by atoms with Gasteiger partial charge in [0.15, 0.2) is 0 Å². The van der Waals surface area contributed by atoms with E-state index in [1.54, 1.807) is 0 Å². The molecule has 6 nitrogen and oxygen atoms in total. The van der Waals surface area contributed by atoms with Crippen LogP contribution in [0.5, 0.6) is 0 Å². The van der Waals surface area contributed by atoms with Crippen molar-refractivity contribution >= 4 is 11.9 Å². The summed E-state index contributed by atoms with van der Waals surface area (Å²) in [6.45, 7) is 5.56. The molecule has 4 fully saturated rings. The van der Waals surface area contributed by atoms with Crippen LogP contribution in [0, 0.1) is 11.8 Å². The zero-order chi connectivity index (χ0) is 19.3. The van der Waals surface area contributed by atoms with E-state index < -0.39 is 11.5 Å². The fourth-order valence-electron chi connectivity index (χ4n) is 6.04. The summed E-state index contributed by atoms with van der Waals surface area (Å²) in [5.74, 6) is -0.924. The molecule has 0 saturated carbocycles. The number of benzene rings is 1. The van der Waals surface area contributed by atoms with Crippen LogP contribution in [0.15, 0.2) is 30.3 Å². The number of nitrogens with zero attached hydrogens (tertiary/aromatic N) is 2. The summed E-state index contributed by atoms with van der Waals surface area (Å²) in [5, 5.41) is 0. The second kappa shape index (κ2) is 6.85. The molecule has 1 amide bonds. The molecule has 0 unspecified atom stereocenters. The SMILES string of the molecule is CCOC(=O)[C@H]1[C@@H]2CC[C@]3(O2)[C@@H]2CCN(Cc4ccccc4)CCN2C(=O)[C@@H]13. The molecule has 0 radical (unpaired) electrons. The normalized spacial score (nSPS) is 36.9. The van der Waals surface area contributed by atoms with Gasteiger partial charge in [0.2, 0.25) is 5.91 Å². The minimum atomic E-state index is -0.484. The average Bonchev–Trinajstić information content (AvgIpc) is 3.27. The zero-order valence-electron chi connectivity index (χ0n) is 16.4. The van der Waals surface area contributed by atoms with Gasteiger partial charge < -0.3 is 14.4 Å². The first-order chi connectivity index (χ1) is 13.6. The van der Waals surface area contributed by atoms with Gasteiger partial charge in [-0.15, -0.1) is 0 Å². The molecule has 2 bridgehead atoms. The number of carbonyl (C=O) groups is 2. The van der Waals surface area contributed by atoms with Gasteiger partial charge in [0.05, 0.1) is 30.6 Å². The Balaban J connectivity index is 1.36. The van der Waals surface area contributed by atoms with Gasteiger partial charge in [-0.2, -0.15) is 0 Å². The third-order valence-electron chi connectivity index (χ3n) is 7.15. The van der Waals surface area contributed by atoms with Gasteiger partial charge in [-0.1, -0.05) is 30.3 Å². The summed E-state index contributed by atoms with van der Waals surface area (Å²) in [6.07, 6.45) is 2.48. The van der Waals surface area contributed by atoms with E-state index in [0.29, 0.717) is 13.2 Å². The van der Waals surface area contributed by atoms with Crippen LogP contribution in [0.4, 0.5) is 0 Å². The van der Waals surface area contributed by atoms with Crippen LogP contribution < -0.4 is 0 Å². The van der Waals surface area contributed by atoms with E-state index in [2.05, 4.69) is 29.2 Å². The Kier molecular flexibility index (Phi) is 4.43. The second-order valence-electron chi connectivity index (χ2n) is 8.50. The maximum atomic E-state index is 13.4. The van der Waals surface area contributed by atoms with Crippen molar-refractivity contribution in [2.24, 2.45) is 11.8 Å². The fourth-order valence-corrected chi connectivity index (χ4v) is 6.04. The molecular weight excluding hydrogens is 356 g/mol. The average molecular weight is 384 g/mol. The highest BCUT2D eigenvalue weighted by atomic mass is 16.6. The first kappa shape index (κ1) is 18.1. The summed E-state index contributed by atoms with van der Waals surface area (Å²) >= 11 is 0. The highest BCUT2D eigenvalue weighted by molar-refractivity contribution is 5.91. The quantitative estimate of drug-likeness (QED) is 0.742. The number of hydrogen-bond acceptors (Lipinski definition) is 5. The molecule has 28 heavy (non-hydrogen) atoms. The van der Waals surface area contributed by atoms with Crippen molar-refractivity contribution < 1.29 is 19.1 Å². The minimum absolute atomic E-state index is 0.0789. The molecule has 0 aliphatic carbocycles. The first-order valence-corrected chi connectivity index (χ1v) is 10.6. The lowest BCUT2D eigenvalue weighted by Gasteiger charge is -2.33. The van der Waals surface area contributed by atoms with Crippen molar-refractivity contribution in [1.82, 2.24) is 9.80 Å². The third kappa shape index (κ3) is 2.61. The van der Waals surface area contributed by atoms with Crippen molar-refractivity contribution in [2.75, 3.05) is 26.2 Å². The fraction of sp³-hybridized carbons (Fsp3) is 0.636. The van der Waals surface area contributed by atoms with Crippen LogP contribution in [0.2, 0.25) is 0 Å². The van der Waals surface area contributed by atoms with Gasteiger partial charge >= 0.3 is 5.97 Å². The number of rotatable bonds is 4. The largest absolute Gasteiger partial charge is 0.466 e. The summed E-state index contributed by atoms with van der Waals surface area (Å²) < 4.78 is 11.7. The van der Waals surface area contributed by atoms with Crippen molar-refractivity contribution in [3.63, 3.8) is 0 Å². The van der Waals surface area contributed by atoms with Crippen LogP contribution in [0.25, 0.3) is 0 Å². The van der Waals surface area contributed by atoms with E-state index in [0.717, 1.165) is 38.9 Å². The summed E-state index contributed by atoms with van der Waals surface area (Å²) in [5.41, 5.74) is 0.814. The van der Waals surface area contributed by atoms with Crippen molar-refractivity contribution in [2.45, 2.75) is 50.5 Å². The monoisotopic (exact) mass is 384 g/mol. The van der Waals surface area contributed by atoms with E-state index in [9.17, 15) is 9.59 Å². The molecule has 1 aromatic carbocycles. The predicted octanol–water partition coefficient (Wildman–Crippen LogP) is 1.83. The Morgan fingerprint density at radius 2 is 2.04 bits per heavy atom. The maximum absolute atomic E-state index is 13.4. The summed E-state index contributed by atoms with van der Waals surface area (Å²) in [7, 11) is 0. The Hall–Kier alpha value is -1.92. The van der Waals surface area contributed by atoms with E-state index in [1.807, 2.05) is 17.9 Å². The Labute approximate surface area is 165 Å². The van der Waals surface area contributed by atoms with Crippen LogP contribution in [-0.2, 0) is 25.6 Å². The molecule has 4 aliphatic rings. The number of ether oxygens (including phenoxy) is 2. The van der Waals surface area contributed by atoms with Crippen LogP contribution in [-0.4, -0.2) is 65.7 Å². The Bertz CT molecular complexity index is 769. The molecule has 0 N–H and O–H groups in total. The molecule has 150 valence electrons. The molecule has 6 heteroatoms. The van der Waals surface area contributed by atoms with E-state index >= 15 is 0 Å². The van der Waals surface area contributed by atoms with Crippen molar-refractivity contribution in [3.05, 3.63) is 35.9 Å². The molecule has 4 aliphatic heterocycles. The molecule has 0 aromatic heterocycles. The Morgan fingerprint density at radius 3 is 2.82 bits per heavy atom. The standard InChI is InChI=1S/C22H28N2O4/c1-2-27-21(26)18-16-8-10-22(28-16)17-9-11-23(14-15-6-4-3-5-7-15)12-13-24(17)20(25)19(18)22/h3-7,16-19H,2,8-14H2,1H3/t16-,17-,18-,19+,22-/m0/s1. The number of hydrogen-bond donors (Lipinski definition) is 0. The zero-order valence-corrected chi connectivity index (χ0v) is 16.4. The van der Waals surface area contributed by atoms with Gasteiger partial charge in [-0.3, -0.25) is 14.5 Å². The smallest absolute Gasteiger partial charge is 0.312 e.